The number of nitriles is 2. The number of phosphoric acid groups is 1. The maximum atomic E-state index is 14.8. The number of hydrogen-bond acceptors (Lipinski definition) is 12. The molecular formula is C50H69ClFN6O9P. The molecule has 2 fully saturated rings. The van der Waals surface area contributed by atoms with Gasteiger partial charge in [0.05, 0.1) is 42.2 Å². The number of fused-ring (bicyclic) bond motifs is 1. The van der Waals surface area contributed by atoms with Crippen LogP contribution in [0.2, 0.25) is 5.02 Å². The predicted molar refractivity (Wildman–Crippen MR) is 258 cm³/mol. The maximum Gasteiger partial charge on any atom is 0.530 e. The van der Waals surface area contributed by atoms with E-state index in [4.69, 9.17) is 60.0 Å². The van der Waals surface area contributed by atoms with Gasteiger partial charge in [-0.15, -0.1) is 0 Å². The van der Waals surface area contributed by atoms with E-state index in [0.29, 0.717) is 18.0 Å². The highest BCUT2D eigenvalue weighted by Crippen LogP contribution is 2.55. The first-order valence-corrected chi connectivity index (χ1v) is 25.8. The number of halogens is 2. The van der Waals surface area contributed by atoms with Gasteiger partial charge in [0, 0.05) is 24.3 Å². The zero-order valence-electron chi connectivity index (χ0n) is 39.9. The highest BCUT2D eigenvalue weighted by molar-refractivity contribution is 7.49. The number of aliphatic imine (C=N–C) groups is 1. The molecule has 0 spiro atoms. The Balaban J connectivity index is 1.22. The van der Waals surface area contributed by atoms with Crippen LogP contribution in [0.1, 0.15) is 141 Å². The lowest BCUT2D eigenvalue weighted by Crippen LogP contribution is -2.46. The number of nitrogens with two attached hydrogens (primary N) is 1. The average Bonchev–Trinajstić information content (AvgIpc) is 4.02. The van der Waals surface area contributed by atoms with Gasteiger partial charge in [0.25, 0.3) is 0 Å². The van der Waals surface area contributed by atoms with Crippen LogP contribution in [0.4, 0.5) is 4.39 Å². The first kappa shape index (κ1) is 54.6. The van der Waals surface area contributed by atoms with E-state index in [1.165, 1.54) is 82.8 Å². The SMILES string of the molecule is CCCCC(C)CCCCCCCCCCCCOCC(COc1cc(F)cc(C#N)c1)COP(=O)(OC[C@@]1(C#N)O[C@@H](c2ccc(/C(N)=N\C=N)[nH]2)[C@@H]2OC(C)(C)O[C@@H]21)Oc1ccccc1Cl. The van der Waals surface area contributed by atoms with E-state index in [-0.39, 0.29) is 47.7 Å². The molecule has 15 nitrogen and oxygen atoms in total. The van der Waals surface area contributed by atoms with Gasteiger partial charge < -0.3 is 38.9 Å². The van der Waals surface area contributed by atoms with Gasteiger partial charge in [-0.05, 0) is 62.6 Å². The molecule has 0 aliphatic carbocycles. The number of rotatable bonds is 32. The lowest BCUT2D eigenvalue weighted by atomic mass is 9.96. The van der Waals surface area contributed by atoms with E-state index in [0.717, 1.165) is 43.7 Å². The van der Waals surface area contributed by atoms with E-state index in [1.807, 2.05) is 6.07 Å². The minimum atomic E-state index is -4.69. The fraction of sp³-hybridized carbons (Fsp3) is 0.600. The molecule has 2 saturated heterocycles. The summed E-state index contributed by atoms with van der Waals surface area (Å²) in [5.41, 5.74) is 5.08. The monoisotopic (exact) mass is 982 g/mol. The molecule has 372 valence electrons. The molecule has 4 N–H and O–H groups in total. The van der Waals surface area contributed by atoms with Crippen molar-refractivity contribution in [1.82, 2.24) is 4.98 Å². The minimum Gasteiger partial charge on any atom is -0.493 e. The van der Waals surface area contributed by atoms with Gasteiger partial charge in [0.2, 0.25) is 5.60 Å². The second-order valence-electron chi connectivity index (χ2n) is 18.2. The average molecular weight is 984 g/mol. The van der Waals surface area contributed by atoms with Crippen molar-refractivity contribution < 1.29 is 46.2 Å². The number of para-hydroxylation sites is 1. The molecule has 68 heavy (non-hydrogen) atoms. The molecule has 2 aliphatic heterocycles. The van der Waals surface area contributed by atoms with Crippen molar-refractivity contribution in [2.24, 2.45) is 22.6 Å². The van der Waals surface area contributed by atoms with Crippen LogP contribution in [0.15, 0.2) is 59.6 Å². The zero-order chi connectivity index (χ0) is 49.0. The van der Waals surface area contributed by atoms with E-state index >= 15 is 0 Å². The number of ether oxygens (including phenoxy) is 5. The lowest BCUT2D eigenvalue weighted by molar-refractivity contribution is -0.204. The van der Waals surface area contributed by atoms with Crippen molar-refractivity contribution >= 4 is 31.6 Å². The Morgan fingerprint density at radius 3 is 2.35 bits per heavy atom. The van der Waals surface area contributed by atoms with Gasteiger partial charge in [0.1, 0.15) is 60.5 Å². The van der Waals surface area contributed by atoms with Crippen LogP contribution >= 0.6 is 19.4 Å². The molecule has 3 heterocycles. The second kappa shape index (κ2) is 27.2. The zero-order valence-corrected chi connectivity index (χ0v) is 41.5. The van der Waals surface area contributed by atoms with Gasteiger partial charge in [-0.2, -0.15) is 10.5 Å². The summed E-state index contributed by atoms with van der Waals surface area (Å²) in [5.74, 6) is -1.37. The Kier molecular flexibility index (Phi) is 21.8. The summed E-state index contributed by atoms with van der Waals surface area (Å²) in [6.45, 7) is 7.56. The molecule has 5 rings (SSSR count). The minimum absolute atomic E-state index is 0.00745. The van der Waals surface area contributed by atoms with Gasteiger partial charge >= 0.3 is 7.82 Å². The van der Waals surface area contributed by atoms with Crippen LogP contribution in [-0.4, -0.2) is 73.8 Å². The Labute approximate surface area is 406 Å². The van der Waals surface area contributed by atoms with Gasteiger partial charge in [0.15, 0.2) is 5.79 Å². The normalized spacial score (nSPS) is 21.6. The van der Waals surface area contributed by atoms with E-state index in [2.05, 4.69) is 29.9 Å². The molecule has 18 heteroatoms. The van der Waals surface area contributed by atoms with Crippen LogP contribution in [0, 0.1) is 45.7 Å². The van der Waals surface area contributed by atoms with Crippen LogP contribution in [0.3, 0.4) is 0 Å². The summed E-state index contributed by atoms with van der Waals surface area (Å²) in [6.07, 6.45) is 15.2. The number of phosphoric ester groups is 1. The molecular weight excluding hydrogens is 914 g/mol. The Bertz CT molecular complexity index is 2220. The molecule has 1 aromatic heterocycles. The number of aromatic nitrogens is 1. The molecule has 3 unspecified atom stereocenters. The first-order chi connectivity index (χ1) is 32.7. The summed E-state index contributed by atoms with van der Waals surface area (Å²) < 4.78 is 78.1. The van der Waals surface area contributed by atoms with Crippen molar-refractivity contribution in [1.29, 1.82) is 15.9 Å². The van der Waals surface area contributed by atoms with Crippen LogP contribution in [-0.2, 0) is 32.6 Å². The Morgan fingerprint density at radius 1 is 0.956 bits per heavy atom. The molecule has 0 saturated carbocycles. The third-order valence-electron chi connectivity index (χ3n) is 12.0. The van der Waals surface area contributed by atoms with Crippen molar-refractivity contribution in [2.75, 3.05) is 33.0 Å². The van der Waals surface area contributed by atoms with Crippen molar-refractivity contribution in [2.45, 2.75) is 147 Å². The van der Waals surface area contributed by atoms with Crippen LogP contribution < -0.4 is 15.0 Å². The largest absolute Gasteiger partial charge is 0.530 e. The maximum absolute atomic E-state index is 14.8. The number of aromatic amines is 1. The molecule has 3 aromatic rings. The fourth-order valence-electron chi connectivity index (χ4n) is 8.31. The van der Waals surface area contributed by atoms with Crippen LogP contribution in [0.25, 0.3) is 0 Å². The third-order valence-corrected chi connectivity index (χ3v) is 13.6. The Hall–Kier alpha value is -4.35. The molecule has 0 bridgehead atoms. The molecule has 2 aromatic carbocycles. The van der Waals surface area contributed by atoms with Gasteiger partial charge in [-0.3, -0.25) is 14.5 Å². The number of amidine groups is 1. The molecule has 0 radical (unpaired) electrons. The third kappa shape index (κ3) is 16.7. The summed E-state index contributed by atoms with van der Waals surface area (Å²) in [6, 6.07) is 17.5. The fourth-order valence-corrected chi connectivity index (χ4v) is 9.86. The predicted octanol–water partition coefficient (Wildman–Crippen LogP) is 11.9. The smallest absolute Gasteiger partial charge is 0.493 e. The first-order valence-electron chi connectivity index (χ1n) is 23.9. The summed E-state index contributed by atoms with van der Waals surface area (Å²) in [5, 5.41) is 27.6. The number of H-pyrrole nitrogens is 1. The number of benzene rings is 2. The number of nitrogens with one attached hydrogen (secondary N) is 2. The summed E-state index contributed by atoms with van der Waals surface area (Å²) in [7, 11) is -4.69. The quantitative estimate of drug-likeness (QED) is 0.0230. The molecule has 7 atom stereocenters. The number of hydrogen-bond donors (Lipinski definition) is 3. The van der Waals surface area contributed by atoms with Gasteiger partial charge in [-0.1, -0.05) is 121 Å². The number of unbranched alkanes of at least 4 members (excludes halogenated alkanes) is 10. The van der Waals surface area contributed by atoms with Crippen LogP contribution in [0.5, 0.6) is 11.5 Å². The Morgan fingerprint density at radius 2 is 1.66 bits per heavy atom. The summed E-state index contributed by atoms with van der Waals surface area (Å²) >= 11 is 6.46. The topological polar surface area (TPSA) is 217 Å². The lowest BCUT2D eigenvalue weighted by Gasteiger charge is -2.30. The second-order valence-corrected chi connectivity index (χ2v) is 20.2. The van der Waals surface area contributed by atoms with Crippen molar-refractivity contribution in [3.05, 3.63) is 82.4 Å². The van der Waals surface area contributed by atoms with E-state index in [9.17, 15) is 19.5 Å². The number of nitrogens with zero attached hydrogens (tertiary/aromatic N) is 3. The molecule has 0 amide bonds. The van der Waals surface area contributed by atoms with E-state index in [1.54, 1.807) is 44.2 Å². The standard InChI is InChI=1S/C50H69ClFN6O9P/c1-5-6-19-36(2)20-15-13-11-9-7-8-10-12-14-18-25-60-30-38(31-61-40-27-37(29-53)26-39(52)28-40)32-62-68(59,67-44-22-17-16-21-41(44)51)63-34-50(33-54)47-46(64-49(3,4)66-47)45(65-50)42-23-24-43(58-42)48(56)57-35-55/h16-17,21-24,26-28,35-36,38,45-47,58H,5-15,18-20,25,30-32,34H2,1-4H3,(H3,55,56,57)/t36?,38?,45-,46-,47-,50+,68?/m0/s1. The highest BCUT2D eigenvalue weighted by Gasteiger charge is 2.65. The van der Waals surface area contributed by atoms with Crippen molar-refractivity contribution in [3.63, 3.8) is 0 Å². The van der Waals surface area contributed by atoms with Gasteiger partial charge in [-0.25, -0.2) is 13.9 Å². The molecule has 2 aliphatic rings. The van der Waals surface area contributed by atoms with E-state index < -0.39 is 55.9 Å². The summed E-state index contributed by atoms with van der Waals surface area (Å²) in [4.78, 5) is 6.93. The highest BCUT2D eigenvalue weighted by atomic mass is 35.5. The van der Waals surface area contributed by atoms with Crippen molar-refractivity contribution in [3.8, 4) is 23.6 Å².